The Morgan fingerprint density at radius 3 is 2.39 bits per heavy atom. The normalized spacial score (nSPS) is 11.7. The van der Waals surface area contributed by atoms with Gasteiger partial charge in [-0.1, -0.05) is 54.6 Å². The number of nitrogens with one attached hydrogen (secondary N) is 1. The highest BCUT2D eigenvalue weighted by Crippen LogP contribution is 2.25. The third-order valence-corrected chi connectivity index (χ3v) is 3.83. The van der Waals surface area contributed by atoms with Gasteiger partial charge < -0.3 is 5.32 Å². The van der Waals surface area contributed by atoms with Crippen LogP contribution in [-0.4, -0.2) is 10.9 Å². The molecule has 0 aliphatic heterocycles. The zero-order valence-electron chi connectivity index (χ0n) is 12.9. The Hall–Kier alpha value is -2.94. The molecule has 3 heteroatoms. The van der Waals surface area contributed by atoms with Crippen LogP contribution in [0.3, 0.4) is 0 Å². The SMILES string of the molecule is Cc1ccccc1[C@@H](NC(=O)c1cccnc1)c1ccccc1. The van der Waals surface area contributed by atoms with Crippen LogP contribution in [0.4, 0.5) is 0 Å². The van der Waals surface area contributed by atoms with Crippen molar-refractivity contribution in [3.05, 3.63) is 101 Å². The summed E-state index contributed by atoms with van der Waals surface area (Å²) >= 11 is 0. The van der Waals surface area contributed by atoms with Gasteiger partial charge in [-0.3, -0.25) is 9.78 Å². The molecule has 3 rings (SSSR count). The van der Waals surface area contributed by atoms with Crippen molar-refractivity contribution in [3.8, 4) is 0 Å². The standard InChI is InChI=1S/C20H18N2O/c1-15-8-5-6-12-18(15)19(16-9-3-2-4-10-16)22-20(23)17-11-7-13-21-14-17/h2-14,19H,1H3,(H,22,23)/t19-/m0/s1. The lowest BCUT2D eigenvalue weighted by Gasteiger charge is -2.21. The highest BCUT2D eigenvalue weighted by atomic mass is 16.1. The summed E-state index contributed by atoms with van der Waals surface area (Å²) in [5, 5.41) is 3.13. The smallest absolute Gasteiger partial charge is 0.253 e. The lowest BCUT2D eigenvalue weighted by atomic mass is 9.95. The molecule has 0 bridgehead atoms. The number of aryl methyl sites for hydroxylation is 1. The fraction of sp³-hybridized carbons (Fsp3) is 0.100. The maximum Gasteiger partial charge on any atom is 0.253 e. The lowest BCUT2D eigenvalue weighted by Crippen LogP contribution is -2.29. The predicted octanol–water partition coefficient (Wildman–Crippen LogP) is 3.91. The average Bonchev–Trinajstić information content (AvgIpc) is 2.62. The number of carbonyl (C=O) groups is 1. The number of carbonyl (C=O) groups excluding carboxylic acids is 1. The summed E-state index contributed by atoms with van der Waals surface area (Å²) in [6.45, 7) is 2.06. The van der Waals surface area contributed by atoms with E-state index in [9.17, 15) is 4.79 Å². The van der Waals surface area contributed by atoms with E-state index in [-0.39, 0.29) is 11.9 Å². The second-order valence-electron chi connectivity index (χ2n) is 5.42. The van der Waals surface area contributed by atoms with Crippen molar-refractivity contribution in [2.24, 2.45) is 0 Å². The molecule has 1 amide bonds. The number of nitrogens with zero attached hydrogens (tertiary/aromatic N) is 1. The van der Waals surface area contributed by atoms with E-state index in [1.807, 2.05) is 42.5 Å². The number of hydrogen-bond acceptors (Lipinski definition) is 2. The summed E-state index contributed by atoms with van der Waals surface area (Å²) in [6.07, 6.45) is 3.24. The summed E-state index contributed by atoms with van der Waals surface area (Å²) in [4.78, 5) is 16.6. The van der Waals surface area contributed by atoms with E-state index in [1.54, 1.807) is 24.5 Å². The number of rotatable bonds is 4. The van der Waals surface area contributed by atoms with Gasteiger partial charge >= 0.3 is 0 Å². The van der Waals surface area contributed by atoms with Gasteiger partial charge in [-0.05, 0) is 35.7 Å². The number of pyridine rings is 1. The minimum Gasteiger partial charge on any atom is -0.341 e. The Balaban J connectivity index is 1.97. The average molecular weight is 302 g/mol. The van der Waals surface area contributed by atoms with E-state index in [1.165, 1.54) is 0 Å². The van der Waals surface area contributed by atoms with Gasteiger partial charge in [0.05, 0.1) is 11.6 Å². The van der Waals surface area contributed by atoms with Crippen LogP contribution >= 0.6 is 0 Å². The van der Waals surface area contributed by atoms with Crippen LogP contribution < -0.4 is 5.32 Å². The van der Waals surface area contributed by atoms with Gasteiger partial charge in [0, 0.05) is 12.4 Å². The van der Waals surface area contributed by atoms with Gasteiger partial charge in [0.1, 0.15) is 0 Å². The van der Waals surface area contributed by atoms with Crippen molar-refractivity contribution in [1.29, 1.82) is 0 Å². The van der Waals surface area contributed by atoms with E-state index in [0.29, 0.717) is 5.56 Å². The molecule has 23 heavy (non-hydrogen) atoms. The molecule has 1 heterocycles. The van der Waals surface area contributed by atoms with Crippen LogP contribution in [0.25, 0.3) is 0 Å². The first-order chi connectivity index (χ1) is 11.3. The van der Waals surface area contributed by atoms with E-state index in [0.717, 1.165) is 16.7 Å². The van der Waals surface area contributed by atoms with Gasteiger partial charge in [-0.25, -0.2) is 0 Å². The maximum absolute atomic E-state index is 12.6. The highest BCUT2D eigenvalue weighted by molar-refractivity contribution is 5.94. The molecule has 0 saturated heterocycles. The van der Waals surface area contributed by atoms with E-state index in [4.69, 9.17) is 0 Å². The maximum atomic E-state index is 12.6. The number of benzene rings is 2. The summed E-state index contributed by atoms with van der Waals surface area (Å²) < 4.78 is 0. The summed E-state index contributed by atoms with van der Waals surface area (Å²) in [6, 6.07) is 21.4. The molecule has 1 atom stereocenters. The van der Waals surface area contributed by atoms with Crippen molar-refractivity contribution in [2.75, 3.05) is 0 Å². The second-order valence-corrected chi connectivity index (χ2v) is 5.42. The van der Waals surface area contributed by atoms with E-state index in [2.05, 4.69) is 29.4 Å². The second kappa shape index (κ2) is 6.88. The Bertz CT molecular complexity index is 785. The van der Waals surface area contributed by atoms with Crippen LogP contribution in [0.5, 0.6) is 0 Å². The van der Waals surface area contributed by atoms with E-state index >= 15 is 0 Å². The molecule has 3 aromatic rings. The lowest BCUT2D eigenvalue weighted by molar-refractivity contribution is 0.0942. The van der Waals surface area contributed by atoms with Gasteiger partial charge in [-0.2, -0.15) is 0 Å². The summed E-state index contributed by atoms with van der Waals surface area (Å²) in [5.74, 6) is -0.129. The Morgan fingerprint density at radius 2 is 1.70 bits per heavy atom. The largest absolute Gasteiger partial charge is 0.341 e. The molecular weight excluding hydrogens is 284 g/mol. The molecule has 0 fully saturated rings. The minimum atomic E-state index is -0.190. The van der Waals surface area contributed by atoms with Crippen molar-refractivity contribution < 1.29 is 4.79 Å². The van der Waals surface area contributed by atoms with Crippen molar-refractivity contribution in [2.45, 2.75) is 13.0 Å². The molecule has 1 aromatic heterocycles. The molecule has 0 aliphatic rings. The van der Waals surface area contributed by atoms with Gasteiger partial charge in [0.25, 0.3) is 5.91 Å². The molecule has 0 saturated carbocycles. The zero-order chi connectivity index (χ0) is 16.1. The fourth-order valence-electron chi connectivity index (χ4n) is 2.61. The molecular formula is C20H18N2O. The molecule has 0 aliphatic carbocycles. The molecule has 0 radical (unpaired) electrons. The molecule has 3 nitrogen and oxygen atoms in total. The monoisotopic (exact) mass is 302 g/mol. The predicted molar refractivity (Wildman–Crippen MR) is 91.2 cm³/mol. The third kappa shape index (κ3) is 3.46. The summed E-state index contributed by atoms with van der Waals surface area (Å²) in [7, 11) is 0. The summed E-state index contributed by atoms with van der Waals surface area (Å²) in [5.41, 5.74) is 3.85. The first-order valence-corrected chi connectivity index (χ1v) is 7.57. The van der Waals surface area contributed by atoms with Crippen molar-refractivity contribution in [3.63, 3.8) is 0 Å². The number of amides is 1. The van der Waals surface area contributed by atoms with Crippen LogP contribution in [-0.2, 0) is 0 Å². The van der Waals surface area contributed by atoms with Crippen molar-refractivity contribution in [1.82, 2.24) is 10.3 Å². The number of hydrogen-bond donors (Lipinski definition) is 1. The van der Waals surface area contributed by atoms with Crippen LogP contribution in [0, 0.1) is 6.92 Å². The first-order valence-electron chi connectivity index (χ1n) is 7.57. The number of aromatic nitrogens is 1. The van der Waals surface area contributed by atoms with Gasteiger partial charge in [-0.15, -0.1) is 0 Å². The molecule has 2 aromatic carbocycles. The van der Waals surface area contributed by atoms with Crippen molar-refractivity contribution >= 4 is 5.91 Å². The first kappa shape index (κ1) is 15.0. The van der Waals surface area contributed by atoms with Crippen LogP contribution in [0.1, 0.15) is 33.1 Å². The van der Waals surface area contributed by atoms with Crippen LogP contribution in [0.15, 0.2) is 79.1 Å². The molecule has 0 unspecified atom stereocenters. The topological polar surface area (TPSA) is 42.0 Å². The van der Waals surface area contributed by atoms with Gasteiger partial charge in [0.15, 0.2) is 0 Å². The fourth-order valence-corrected chi connectivity index (χ4v) is 2.61. The Labute approximate surface area is 136 Å². The Kier molecular flexibility index (Phi) is 4.48. The Morgan fingerprint density at radius 1 is 0.957 bits per heavy atom. The molecule has 1 N–H and O–H groups in total. The minimum absolute atomic E-state index is 0.129. The van der Waals surface area contributed by atoms with Crippen LogP contribution in [0.2, 0.25) is 0 Å². The van der Waals surface area contributed by atoms with E-state index < -0.39 is 0 Å². The quantitative estimate of drug-likeness (QED) is 0.794. The molecule has 0 spiro atoms. The third-order valence-electron chi connectivity index (χ3n) is 3.83. The molecule has 114 valence electrons. The van der Waals surface area contributed by atoms with Gasteiger partial charge in [0.2, 0.25) is 0 Å². The zero-order valence-corrected chi connectivity index (χ0v) is 12.9. The highest BCUT2D eigenvalue weighted by Gasteiger charge is 2.19.